The molecule has 7 nitrogen and oxygen atoms in total. The summed E-state index contributed by atoms with van der Waals surface area (Å²) in [6.45, 7) is 4.07. The van der Waals surface area contributed by atoms with Gasteiger partial charge >= 0.3 is 5.97 Å². The Kier molecular flexibility index (Phi) is 19.9. The average molecular weight is 597 g/mol. The van der Waals surface area contributed by atoms with Crippen molar-refractivity contribution in [2.75, 3.05) is 0 Å². The van der Waals surface area contributed by atoms with Gasteiger partial charge in [0.15, 0.2) is 0 Å². The van der Waals surface area contributed by atoms with Crippen LogP contribution in [0.1, 0.15) is 162 Å². The molecule has 0 spiro atoms. The van der Waals surface area contributed by atoms with Gasteiger partial charge in [-0.3, -0.25) is 0 Å². The van der Waals surface area contributed by atoms with E-state index in [1.807, 2.05) is 6.92 Å². The molecular weight excluding hydrogens is 532 g/mol. The van der Waals surface area contributed by atoms with Gasteiger partial charge < -0.3 is 29.9 Å². The van der Waals surface area contributed by atoms with Crippen LogP contribution in [0, 0.1) is 0 Å². The van der Waals surface area contributed by atoms with E-state index in [0.29, 0.717) is 31.3 Å². The molecule has 246 valence electrons. The maximum absolute atomic E-state index is 11.6. The molecule has 0 bridgehead atoms. The third kappa shape index (κ3) is 16.2. The predicted molar refractivity (Wildman–Crippen MR) is 168 cm³/mol. The maximum Gasteiger partial charge on any atom is 0.334 e. The topological polar surface area (TPSA) is 116 Å². The normalized spacial score (nSPS) is 23.5. The fourth-order valence-corrected chi connectivity index (χ4v) is 6.40. The lowest BCUT2D eigenvalue weighted by Gasteiger charge is -2.23. The summed E-state index contributed by atoms with van der Waals surface area (Å²) in [6, 6.07) is 0. The average Bonchev–Trinajstić information content (AvgIpc) is 3.58. The molecule has 0 saturated carbocycles. The summed E-state index contributed by atoms with van der Waals surface area (Å²) in [6.07, 6.45) is 22.3. The Morgan fingerprint density at radius 1 is 0.667 bits per heavy atom. The van der Waals surface area contributed by atoms with Crippen molar-refractivity contribution in [1.82, 2.24) is 0 Å². The van der Waals surface area contributed by atoms with Crippen LogP contribution in [-0.4, -0.2) is 69.1 Å². The van der Waals surface area contributed by atoms with Crippen molar-refractivity contribution in [3.05, 3.63) is 11.6 Å². The van der Waals surface area contributed by atoms with Crippen molar-refractivity contribution >= 4 is 5.97 Å². The number of aliphatic hydroxyl groups is 4. The summed E-state index contributed by atoms with van der Waals surface area (Å²) >= 11 is 0. The molecule has 7 atom stereocenters. The molecule has 0 unspecified atom stereocenters. The molecule has 1 fully saturated rings. The molecule has 4 N–H and O–H groups in total. The number of cyclic esters (lactones) is 1. The molecule has 2 aliphatic heterocycles. The van der Waals surface area contributed by atoms with Gasteiger partial charge in [-0.05, 0) is 57.9 Å². The number of ether oxygens (including phenoxy) is 2. The lowest BCUT2D eigenvalue weighted by molar-refractivity contribution is -0.139. The van der Waals surface area contributed by atoms with E-state index in [-0.39, 0.29) is 24.3 Å². The Balaban J connectivity index is 1.42. The molecule has 0 aliphatic carbocycles. The standard InChI is InChI=1S/C35H64O7/c1-3-4-5-6-7-8-9-10-14-17-20-31(38)33-23-24-34(42-33)32(39)22-21-29(36)18-15-12-11-13-16-19-30(37)26-28-25-27(2)41-35(28)40/h25,27,29-34,36-39H,3-24,26H2,1-2H3/t27-,29-,30+,31+,32+,33+,34+/m0/s1. The molecule has 7 heteroatoms. The second kappa shape index (κ2) is 22.5. The Bertz CT molecular complexity index is 726. The molecule has 0 aromatic rings. The largest absolute Gasteiger partial charge is 0.455 e. The van der Waals surface area contributed by atoms with Gasteiger partial charge in [-0.15, -0.1) is 0 Å². The summed E-state index contributed by atoms with van der Waals surface area (Å²) in [5, 5.41) is 41.8. The molecule has 2 rings (SSSR count). The summed E-state index contributed by atoms with van der Waals surface area (Å²) in [7, 11) is 0. The second-order valence-corrected chi connectivity index (χ2v) is 13.1. The van der Waals surface area contributed by atoms with Crippen LogP contribution in [0.4, 0.5) is 0 Å². The molecule has 2 heterocycles. The number of aliphatic hydroxyl groups excluding tert-OH is 4. The Morgan fingerprint density at radius 2 is 1.14 bits per heavy atom. The minimum atomic E-state index is -0.592. The van der Waals surface area contributed by atoms with Crippen LogP contribution in [-0.2, 0) is 14.3 Å². The molecular formula is C35H64O7. The van der Waals surface area contributed by atoms with Crippen molar-refractivity contribution in [3.8, 4) is 0 Å². The van der Waals surface area contributed by atoms with Crippen molar-refractivity contribution in [2.45, 2.75) is 204 Å². The van der Waals surface area contributed by atoms with Gasteiger partial charge in [0.05, 0.1) is 36.6 Å². The first-order valence-electron chi connectivity index (χ1n) is 17.6. The molecule has 0 radical (unpaired) electrons. The first kappa shape index (κ1) is 37.2. The zero-order valence-electron chi connectivity index (χ0n) is 26.9. The van der Waals surface area contributed by atoms with Crippen LogP contribution in [0.3, 0.4) is 0 Å². The van der Waals surface area contributed by atoms with Gasteiger partial charge in [-0.2, -0.15) is 0 Å². The van der Waals surface area contributed by atoms with Crippen LogP contribution >= 0.6 is 0 Å². The first-order valence-corrected chi connectivity index (χ1v) is 17.6. The molecule has 2 aliphatic rings. The second-order valence-electron chi connectivity index (χ2n) is 13.1. The number of carbonyl (C=O) groups excluding carboxylic acids is 1. The van der Waals surface area contributed by atoms with Crippen LogP contribution in [0.5, 0.6) is 0 Å². The highest BCUT2D eigenvalue weighted by Crippen LogP contribution is 2.28. The Hall–Kier alpha value is -0.990. The van der Waals surface area contributed by atoms with Crippen molar-refractivity contribution < 1.29 is 34.7 Å². The van der Waals surface area contributed by atoms with Gasteiger partial charge in [0, 0.05) is 12.0 Å². The van der Waals surface area contributed by atoms with E-state index >= 15 is 0 Å². The van der Waals surface area contributed by atoms with Crippen molar-refractivity contribution in [3.63, 3.8) is 0 Å². The SMILES string of the molecule is CCCCCCCCCCCC[C@@H](O)[C@H]1CC[C@H]([C@H](O)CC[C@@H](O)CCCCCCC[C@@H](O)CC2=C[C@H](C)OC2=O)O1. The lowest BCUT2D eigenvalue weighted by atomic mass is 9.98. The Morgan fingerprint density at radius 3 is 1.67 bits per heavy atom. The quantitative estimate of drug-likeness (QED) is 0.0624. The highest BCUT2D eigenvalue weighted by molar-refractivity contribution is 5.90. The molecule has 1 saturated heterocycles. The monoisotopic (exact) mass is 596 g/mol. The van der Waals surface area contributed by atoms with Crippen LogP contribution in [0.15, 0.2) is 11.6 Å². The smallest absolute Gasteiger partial charge is 0.334 e. The third-order valence-corrected chi connectivity index (χ3v) is 9.11. The minimum absolute atomic E-state index is 0.172. The van der Waals surface area contributed by atoms with E-state index in [2.05, 4.69) is 6.92 Å². The van der Waals surface area contributed by atoms with E-state index in [1.165, 1.54) is 57.8 Å². The number of esters is 1. The molecule has 0 aromatic carbocycles. The van der Waals surface area contributed by atoms with Crippen molar-refractivity contribution in [1.29, 1.82) is 0 Å². The van der Waals surface area contributed by atoms with Gasteiger partial charge in [-0.25, -0.2) is 4.79 Å². The number of hydrogen-bond donors (Lipinski definition) is 4. The van der Waals surface area contributed by atoms with E-state index in [0.717, 1.165) is 64.2 Å². The van der Waals surface area contributed by atoms with E-state index in [1.54, 1.807) is 6.08 Å². The van der Waals surface area contributed by atoms with E-state index in [4.69, 9.17) is 9.47 Å². The fourth-order valence-electron chi connectivity index (χ4n) is 6.40. The van der Waals surface area contributed by atoms with Crippen molar-refractivity contribution in [2.24, 2.45) is 0 Å². The highest BCUT2D eigenvalue weighted by Gasteiger charge is 2.34. The van der Waals surface area contributed by atoms with Gasteiger partial charge in [0.1, 0.15) is 6.10 Å². The number of unbranched alkanes of at least 4 members (excludes halogenated alkanes) is 13. The summed E-state index contributed by atoms with van der Waals surface area (Å²) in [5.74, 6) is -0.304. The predicted octanol–water partition coefficient (Wildman–Crippen LogP) is 7.06. The van der Waals surface area contributed by atoms with Gasteiger partial charge in [-0.1, -0.05) is 103 Å². The number of carbonyl (C=O) groups is 1. The maximum atomic E-state index is 11.6. The van der Waals surface area contributed by atoms with Crippen LogP contribution < -0.4 is 0 Å². The third-order valence-electron chi connectivity index (χ3n) is 9.11. The summed E-state index contributed by atoms with van der Waals surface area (Å²) in [5.41, 5.74) is 0.589. The summed E-state index contributed by atoms with van der Waals surface area (Å²) < 4.78 is 11.1. The highest BCUT2D eigenvalue weighted by atomic mass is 16.5. The van der Waals surface area contributed by atoms with Gasteiger partial charge in [0.2, 0.25) is 0 Å². The number of rotatable bonds is 26. The fraction of sp³-hybridized carbons (Fsp3) is 0.914. The van der Waals surface area contributed by atoms with E-state index in [9.17, 15) is 25.2 Å². The van der Waals surface area contributed by atoms with Crippen LogP contribution in [0.25, 0.3) is 0 Å². The van der Waals surface area contributed by atoms with E-state index < -0.39 is 24.4 Å². The minimum Gasteiger partial charge on any atom is -0.455 e. The zero-order valence-corrected chi connectivity index (χ0v) is 26.9. The zero-order chi connectivity index (χ0) is 30.6. The first-order chi connectivity index (χ1) is 20.3. The molecule has 0 amide bonds. The van der Waals surface area contributed by atoms with Crippen LogP contribution in [0.2, 0.25) is 0 Å². The summed E-state index contributed by atoms with van der Waals surface area (Å²) in [4.78, 5) is 11.6. The molecule has 0 aromatic heterocycles. The molecule has 42 heavy (non-hydrogen) atoms. The number of hydrogen-bond acceptors (Lipinski definition) is 7. The Labute approximate surface area is 256 Å². The van der Waals surface area contributed by atoms with Gasteiger partial charge in [0.25, 0.3) is 0 Å². The lowest BCUT2D eigenvalue weighted by Crippen LogP contribution is -2.31.